The van der Waals surface area contributed by atoms with Gasteiger partial charge in [0.25, 0.3) is 11.6 Å². The largest absolute Gasteiger partial charge is 0.503 e. The number of aromatic hydroxyl groups is 1. The Morgan fingerprint density at radius 2 is 2.15 bits per heavy atom. The molecule has 20 heavy (non-hydrogen) atoms. The van der Waals surface area contributed by atoms with Crippen LogP contribution in [0, 0.1) is 10.1 Å². The number of nitrogens with one attached hydrogen (secondary N) is 1. The summed E-state index contributed by atoms with van der Waals surface area (Å²) < 4.78 is 1.50. The van der Waals surface area contributed by atoms with Crippen LogP contribution in [0.5, 0.6) is 5.75 Å². The number of pyridine rings is 1. The summed E-state index contributed by atoms with van der Waals surface area (Å²) in [6.45, 7) is -0.00289. The van der Waals surface area contributed by atoms with Crippen molar-refractivity contribution in [1.82, 2.24) is 0 Å². The SMILES string of the molecule is O=C(C[n+]1cccc(O)c1)Nc1cccc([N+](=O)[O-])c1. The molecular formula is C13H12N3O4+. The fourth-order valence-electron chi connectivity index (χ4n) is 1.67. The number of hydrogen-bond acceptors (Lipinski definition) is 4. The second kappa shape index (κ2) is 5.79. The molecule has 0 atom stereocenters. The molecule has 0 bridgehead atoms. The van der Waals surface area contributed by atoms with Gasteiger partial charge in [-0.25, -0.2) is 0 Å². The molecule has 1 amide bonds. The number of nitro groups is 1. The summed E-state index contributed by atoms with van der Waals surface area (Å²) in [7, 11) is 0. The third-order valence-electron chi connectivity index (χ3n) is 2.51. The van der Waals surface area contributed by atoms with E-state index in [0.29, 0.717) is 5.69 Å². The predicted octanol–water partition coefficient (Wildman–Crippen LogP) is 1.23. The minimum atomic E-state index is -0.528. The summed E-state index contributed by atoms with van der Waals surface area (Å²) in [5, 5.41) is 22.5. The van der Waals surface area contributed by atoms with Gasteiger partial charge in [-0.1, -0.05) is 6.07 Å². The smallest absolute Gasteiger partial charge is 0.290 e. The number of carbonyl (C=O) groups is 1. The van der Waals surface area contributed by atoms with Crippen LogP contribution in [0.3, 0.4) is 0 Å². The van der Waals surface area contributed by atoms with Crippen molar-refractivity contribution in [2.24, 2.45) is 0 Å². The van der Waals surface area contributed by atoms with Crippen molar-refractivity contribution in [3.63, 3.8) is 0 Å². The summed E-state index contributed by atoms with van der Waals surface area (Å²) >= 11 is 0. The lowest BCUT2D eigenvalue weighted by molar-refractivity contribution is -0.684. The molecule has 2 rings (SSSR count). The van der Waals surface area contributed by atoms with Crippen LogP contribution in [0.4, 0.5) is 11.4 Å². The van der Waals surface area contributed by atoms with Crippen LogP contribution in [0.1, 0.15) is 0 Å². The number of aromatic nitrogens is 1. The zero-order valence-electron chi connectivity index (χ0n) is 10.4. The van der Waals surface area contributed by atoms with Crippen LogP contribution in [0.25, 0.3) is 0 Å². The van der Waals surface area contributed by atoms with Gasteiger partial charge in [0.05, 0.1) is 4.92 Å². The van der Waals surface area contributed by atoms with E-state index >= 15 is 0 Å². The van der Waals surface area contributed by atoms with Crippen molar-refractivity contribution in [3.05, 3.63) is 58.9 Å². The Morgan fingerprint density at radius 1 is 1.35 bits per heavy atom. The molecule has 7 nitrogen and oxygen atoms in total. The van der Waals surface area contributed by atoms with E-state index in [9.17, 15) is 20.0 Å². The topological polar surface area (TPSA) is 96.3 Å². The second-order valence-electron chi connectivity index (χ2n) is 4.09. The van der Waals surface area contributed by atoms with Crippen molar-refractivity contribution < 1.29 is 19.4 Å². The number of anilines is 1. The lowest BCUT2D eigenvalue weighted by Gasteiger charge is -2.03. The third-order valence-corrected chi connectivity index (χ3v) is 2.51. The maximum Gasteiger partial charge on any atom is 0.290 e. The molecule has 0 saturated carbocycles. The first-order valence-corrected chi connectivity index (χ1v) is 5.77. The first-order chi connectivity index (χ1) is 9.54. The highest BCUT2D eigenvalue weighted by Gasteiger charge is 2.12. The molecule has 2 aromatic rings. The molecule has 1 aromatic heterocycles. The van der Waals surface area contributed by atoms with Crippen LogP contribution >= 0.6 is 0 Å². The summed E-state index contributed by atoms with van der Waals surface area (Å²) in [5.74, 6) is -0.295. The standard InChI is InChI=1S/C13H11N3O4/c17-12-5-2-6-15(8-12)9-13(18)14-10-3-1-4-11(7-10)16(19)20/h1-8H,9H2,(H-,14,17,18)/p+1. The van der Waals surface area contributed by atoms with Gasteiger partial charge in [0.2, 0.25) is 12.7 Å². The van der Waals surface area contributed by atoms with Gasteiger partial charge in [0.15, 0.2) is 11.9 Å². The highest BCUT2D eigenvalue weighted by Crippen LogP contribution is 2.16. The Kier molecular flexibility index (Phi) is 3.90. The third kappa shape index (κ3) is 3.52. The number of nitro benzene ring substituents is 1. The van der Waals surface area contributed by atoms with Gasteiger partial charge in [-0.2, -0.15) is 4.57 Å². The molecule has 0 aliphatic heterocycles. The molecule has 1 heterocycles. The molecule has 0 aliphatic carbocycles. The minimum absolute atomic E-state index is 0.00289. The summed E-state index contributed by atoms with van der Waals surface area (Å²) in [6, 6.07) is 8.79. The first-order valence-electron chi connectivity index (χ1n) is 5.77. The Balaban J connectivity index is 2.04. The van der Waals surface area contributed by atoms with Crippen LogP contribution in [0.2, 0.25) is 0 Å². The van der Waals surface area contributed by atoms with Crippen LogP contribution in [0.15, 0.2) is 48.8 Å². The first kappa shape index (κ1) is 13.5. The summed E-state index contributed by atoms with van der Waals surface area (Å²) in [6.07, 6.45) is 3.04. The van der Waals surface area contributed by atoms with Crippen molar-refractivity contribution in [2.75, 3.05) is 5.32 Å². The van der Waals surface area contributed by atoms with Crippen molar-refractivity contribution >= 4 is 17.3 Å². The number of nitrogens with zero attached hydrogens (tertiary/aromatic N) is 2. The normalized spacial score (nSPS) is 10.0. The Hall–Kier alpha value is -2.96. The average Bonchev–Trinajstić information content (AvgIpc) is 2.38. The molecule has 0 saturated heterocycles. The second-order valence-corrected chi connectivity index (χ2v) is 4.09. The fraction of sp³-hybridized carbons (Fsp3) is 0.0769. The molecule has 102 valence electrons. The Morgan fingerprint density at radius 3 is 2.85 bits per heavy atom. The van der Waals surface area contributed by atoms with Crippen molar-refractivity contribution in [2.45, 2.75) is 6.54 Å². The summed E-state index contributed by atoms with van der Waals surface area (Å²) in [5.41, 5.74) is 0.262. The lowest BCUT2D eigenvalue weighted by Crippen LogP contribution is -2.39. The number of carbonyl (C=O) groups excluding carboxylic acids is 1. The van der Waals surface area contributed by atoms with Gasteiger partial charge in [-0.15, -0.1) is 0 Å². The predicted molar refractivity (Wildman–Crippen MR) is 70.0 cm³/mol. The van der Waals surface area contributed by atoms with Gasteiger partial charge in [0.1, 0.15) is 0 Å². The molecule has 0 unspecified atom stereocenters. The van der Waals surface area contributed by atoms with Crippen LogP contribution in [-0.2, 0) is 11.3 Å². The van der Waals surface area contributed by atoms with Gasteiger partial charge >= 0.3 is 0 Å². The van der Waals surface area contributed by atoms with E-state index in [1.165, 1.54) is 35.0 Å². The van der Waals surface area contributed by atoms with Gasteiger partial charge in [0, 0.05) is 23.9 Å². The molecule has 7 heteroatoms. The van der Waals surface area contributed by atoms with E-state index in [0.717, 1.165) is 0 Å². The minimum Gasteiger partial charge on any atom is -0.503 e. The van der Waals surface area contributed by atoms with Gasteiger partial charge in [-0.3, -0.25) is 14.9 Å². The molecule has 0 aliphatic rings. The van der Waals surface area contributed by atoms with E-state index in [2.05, 4.69) is 5.32 Å². The maximum absolute atomic E-state index is 11.8. The molecule has 0 radical (unpaired) electrons. The van der Waals surface area contributed by atoms with Gasteiger partial charge in [-0.05, 0) is 12.1 Å². The summed E-state index contributed by atoms with van der Waals surface area (Å²) in [4.78, 5) is 21.9. The average molecular weight is 274 g/mol. The van der Waals surface area contributed by atoms with Crippen LogP contribution < -0.4 is 9.88 Å². The van der Waals surface area contributed by atoms with E-state index < -0.39 is 4.92 Å². The van der Waals surface area contributed by atoms with Crippen LogP contribution in [-0.4, -0.2) is 15.9 Å². The number of amides is 1. The Bertz CT molecular complexity index is 658. The van der Waals surface area contributed by atoms with E-state index in [1.807, 2.05) is 0 Å². The maximum atomic E-state index is 11.8. The molecular weight excluding hydrogens is 262 g/mol. The highest BCUT2D eigenvalue weighted by atomic mass is 16.6. The molecule has 2 N–H and O–H groups in total. The number of benzene rings is 1. The number of rotatable bonds is 4. The quantitative estimate of drug-likeness (QED) is 0.498. The molecule has 1 aromatic carbocycles. The fourth-order valence-corrected chi connectivity index (χ4v) is 1.67. The highest BCUT2D eigenvalue weighted by molar-refractivity contribution is 5.89. The van der Waals surface area contributed by atoms with E-state index in [4.69, 9.17) is 0 Å². The zero-order chi connectivity index (χ0) is 14.5. The zero-order valence-corrected chi connectivity index (χ0v) is 10.4. The van der Waals surface area contributed by atoms with Crippen molar-refractivity contribution in [1.29, 1.82) is 0 Å². The number of non-ortho nitro benzene ring substituents is 1. The lowest BCUT2D eigenvalue weighted by atomic mass is 10.3. The Labute approximate surface area is 114 Å². The molecule has 0 fully saturated rings. The van der Waals surface area contributed by atoms with E-state index in [-0.39, 0.29) is 23.9 Å². The van der Waals surface area contributed by atoms with Crippen molar-refractivity contribution in [3.8, 4) is 5.75 Å². The number of hydrogen-bond donors (Lipinski definition) is 2. The monoisotopic (exact) mass is 274 g/mol. The van der Waals surface area contributed by atoms with Gasteiger partial charge < -0.3 is 10.4 Å². The van der Waals surface area contributed by atoms with E-state index in [1.54, 1.807) is 18.3 Å². The molecule has 0 spiro atoms.